The van der Waals surface area contributed by atoms with Crippen LogP contribution in [-0.2, 0) is 22.6 Å². The van der Waals surface area contributed by atoms with Crippen molar-refractivity contribution in [1.29, 1.82) is 5.26 Å². The lowest BCUT2D eigenvalue weighted by atomic mass is 10.1. The number of nitrogens with zero attached hydrogens (tertiary/aromatic N) is 2. The molecule has 0 aromatic heterocycles. The van der Waals surface area contributed by atoms with Crippen molar-refractivity contribution in [3.05, 3.63) is 110 Å². The Hall–Kier alpha value is -3.05. The van der Waals surface area contributed by atoms with Gasteiger partial charge >= 0.3 is 0 Å². The fraction of sp³-hybridized carbons (Fsp3) is 0.115. The number of carbonyl (C=O) groups is 2. The maximum absolute atomic E-state index is 13.5. The first kappa shape index (κ1) is 24.1. The summed E-state index contributed by atoms with van der Waals surface area (Å²) in [6.45, 7) is 0.281. The zero-order valence-electron chi connectivity index (χ0n) is 17.9. The Morgan fingerprint density at radius 1 is 1.03 bits per heavy atom. The average Bonchev–Trinajstić information content (AvgIpc) is 3.16. The molecule has 3 aromatic carbocycles. The Kier molecular flexibility index (Phi) is 7.73. The number of thioether (sulfide) groups is 1. The highest BCUT2D eigenvalue weighted by atomic mass is 79.9. The smallest absolute Gasteiger partial charge is 0.264 e. The van der Waals surface area contributed by atoms with Crippen molar-refractivity contribution in [3.8, 4) is 6.07 Å². The SMILES string of the molecule is N#C/C(C(=O)NCc1ccccc1)=C1/S[C@H](Cc2ccc(Cl)cc2)C(=O)N1c1ccc(Br)cc1. The molecule has 0 bridgehead atoms. The number of carbonyl (C=O) groups excluding carboxylic acids is 2. The molecule has 1 aliphatic heterocycles. The van der Waals surface area contributed by atoms with Crippen molar-refractivity contribution < 1.29 is 9.59 Å². The number of hydrogen-bond donors (Lipinski definition) is 1. The second-order valence-corrected chi connectivity index (χ2v) is 10.1. The number of rotatable bonds is 6. The Balaban J connectivity index is 1.66. The number of benzene rings is 3. The van der Waals surface area contributed by atoms with Crippen LogP contribution in [0.25, 0.3) is 0 Å². The molecule has 1 heterocycles. The lowest BCUT2D eigenvalue weighted by Gasteiger charge is -2.19. The molecule has 1 saturated heterocycles. The van der Waals surface area contributed by atoms with Crippen LogP contribution in [0.1, 0.15) is 11.1 Å². The standard InChI is InChI=1S/C26H19BrClN3O2S/c27-19-8-12-21(13-9-19)31-25(33)23(14-17-6-10-20(28)11-7-17)34-26(31)22(15-29)24(32)30-16-18-4-2-1-3-5-18/h1-13,23H,14,16H2,(H,30,32)/b26-22-/t23-/m1/s1. The predicted octanol–water partition coefficient (Wildman–Crippen LogP) is 5.85. The van der Waals surface area contributed by atoms with Gasteiger partial charge in [-0.25, -0.2) is 0 Å². The van der Waals surface area contributed by atoms with Crippen molar-refractivity contribution in [3.63, 3.8) is 0 Å². The first-order chi connectivity index (χ1) is 16.5. The molecule has 5 nitrogen and oxygen atoms in total. The van der Waals surface area contributed by atoms with E-state index in [0.29, 0.717) is 22.2 Å². The molecule has 0 aliphatic carbocycles. The van der Waals surface area contributed by atoms with Gasteiger partial charge in [-0.3, -0.25) is 14.5 Å². The third kappa shape index (κ3) is 5.53. The molecule has 4 rings (SSSR count). The molecule has 1 fully saturated rings. The minimum atomic E-state index is -0.518. The molecule has 170 valence electrons. The van der Waals surface area contributed by atoms with E-state index in [0.717, 1.165) is 15.6 Å². The maximum Gasteiger partial charge on any atom is 0.264 e. The second kappa shape index (κ2) is 10.9. The van der Waals surface area contributed by atoms with E-state index in [4.69, 9.17) is 11.6 Å². The summed E-state index contributed by atoms with van der Waals surface area (Å²) < 4.78 is 0.861. The molecular formula is C26H19BrClN3O2S. The molecule has 0 unspecified atom stereocenters. The lowest BCUT2D eigenvalue weighted by molar-refractivity contribution is -0.117. The molecule has 8 heteroatoms. The van der Waals surface area contributed by atoms with Crippen molar-refractivity contribution in [2.45, 2.75) is 18.2 Å². The van der Waals surface area contributed by atoms with Crippen LogP contribution in [0.3, 0.4) is 0 Å². The largest absolute Gasteiger partial charge is 0.347 e. The molecule has 1 atom stereocenters. The van der Waals surface area contributed by atoms with E-state index in [2.05, 4.69) is 21.2 Å². The van der Waals surface area contributed by atoms with Crippen LogP contribution in [0.15, 0.2) is 93.9 Å². The average molecular weight is 553 g/mol. The van der Waals surface area contributed by atoms with Gasteiger partial charge in [0, 0.05) is 21.7 Å². The molecule has 1 aliphatic rings. The molecule has 0 radical (unpaired) electrons. The summed E-state index contributed by atoms with van der Waals surface area (Å²) in [4.78, 5) is 28.0. The number of hydrogen-bond acceptors (Lipinski definition) is 4. The summed E-state index contributed by atoms with van der Waals surface area (Å²) in [5.74, 6) is -0.697. The highest BCUT2D eigenvalue weighted by Crippen LogP contribution is 2.42. The van der Waals surface area contributed by atoms with Crippen LogP contribution in [0, 0.1) is 11.3 Å². The van der Waals surface area contributed by atoms with Crippen molar-refractivity contribution in [2.24, 2.45) is 0 Å². The fourth-order valence-electron chi connectivity index (χ4n) is 3.51. The van der Waals surface area contributed by atoms with Crippen LogP contribution in [0.2, 0.25) is 5.02 Å². The summed E-state index contributed by atoms with van der Waals surface area (Å²) in [5, 5.41) is 13.2. The van der Waals surface area contributed by atoms with E-state index in [1.807, 2.05) is 60.7 Å². The third-order valence-electron chi connectivity index (χ3n) is 5.22. The van der Waals surface area contributed by atoms with Crippen molar-refractivity contribution in [1.82, 2.24) is 5.32 Å². The summed E-state index contributed by atoms with van der Waals surface area (Å²) in [6.07, 6.45) is 0.446. The summed E-state index contributed by atoms with van der Waals surface area (Å²) >= 11 is 10.6. The van der Waals surface area contributed by atoms with Gasteiger partial charge in [0.2, 0.25) is 5.91 Å². The molecule has 0 saturated carbocycles. The molecule has 1 N–H and O–H groups in total. The summed E-state index contributed by atoms with van der Waals surface area (Å²) in [5.41, 5.74) is 2.37. The van der Waals surface area contributed by atoms with E-state index >= 15 is 0 Å². The highest BCUT2D eigenvalue weighted by Gasteiger charge is 2.40. The van der Waals surface area contributed by atoms with Gasteiger partial charge in [-0.2, -0.15) is 5.26 Å². The van der Waals surface area contributed by atoms with Crippen LogP contribution >= 0.6 is 39.3 Å². The van der Waals surface area contributed by atoms with Gasteiger partial charge in [0.1, 0.15) is 16.7 Å². The molecule has 2 amide bonds. The Morgan fingerprint density at radius 2 is 1.71 bits per heavy atom. The zero-order valence-corrected chi connectivity index (χ0v) is 21.0. The van der Waals surface area contributed by atoms with Gasteiger partial charge in [-0.15, -0.1) is 0 Å². The fourth-order valence-corrected chi connectivity index (χ4v) is 5.21. The van der Waals surface area contributed by atoms with E-state index < -0.39 is 11.2 Å². The molecular weight excluding hydrogens is 534 g/mol. The van der Waals surface area contributed by atoms with Gasteiger partial charge in [-0.05, 0) is 53.9 Å². The Labute approximate surface area is 215 Å². The first-order valence-corrected chi connectivity index (χ1v) is 12.5. The van der Waals surface area contributed by atoms with Crippen molar-refractivity contribution >= 4 is 56.8 Å². The van der Waals surface area contributed by atoms with Crippen LogP contribution in [-0.4, -0.2) is 17.1 Å². The Morgan fingerprint density at radius 3 is 2.35 bits per heavy atom. The predicted molar refractivity (Wildman–Crippen MR) is 139 cm³/mol. The number of nitrogens with one attached hydrogen (secondary N) is 1. The maximum atomic E-state index is 13.5. The molecule has 3 aromatic rings. The van der Waals surface area contributed by atoms with Gasteiger partial charge < -0.3 is 5.32 Å². The summed E-state index contributed by atoms with van der Waals surface area (Å²) in [7, 11) is 0. The summed E-state index contributed by atoms with van der Waals surface area (Å²) in [6, 6.07) is 26.0. The number of halogens is 2. The zero-order chi connectivity index (χ0) is 24.1. The number of nitriles is 1. The van der Waals surface area contributed by atoms with Gasteiger partial charge in [0.05, 0.1) is 5.25 Å². The highest BCUT2D eigenvalue weighted by molar-refractivity contribution is 9.10. The topological polar surface area (TPSA) is 73.2 Å². The number of anilines is 1. The minimum Gasteiger partial charge on any atom is -0.347 e. The van der Waals surface area contributed by atoms with Gasteiger partial charge in [0.15, 0.2) is 0 Å². The van der Waals surface area contributed by atoms with Gasteiger partial charge in [0.25, 0.3) is 5.91 Å². The second-order valence-electron chi connectivity index (χ2n) is 7.55. The monoisotopic (exact) mass is 551 g/mol. The third-order valence-corrected chi connectivity index (χ3v) is 7.26. The minimum absolute atomic E-state index is 0.0872. The molecule has 0 spiro atoms. The molecule has 34 heavy (non-hydrogen) atoms. The van der Waals surface area contributed by atoms with Crippen LogP contribution < -0.4 is 10.2 Å². The quantitative estimate of drug-likeness (QED) is 0.308. The Bertz CT molecular complexity index is 1270. The first-order valence-electron chi connectivity index (χ1n) is 10.4. The van der Waals surface area contributed by atoms with Crippen LogP contribution in [0.5, 0.6) is 0 Å². The van der Waals surface area contributed by atoms with E-state index in [9.17, 15) is 14.9 Å². The number of amides is 2. The van der Waals surface area contributed by atoms with Gasteiger partial charge in [-0.1, -0.05) is 81.8 Å². The lowest BCUT2D eigenvalue weighted by Crippen LogP contribution is -2.32. The normalized spacial score (nSPS) is 16.8. The van der Waals surface area contributed by atoms with E-state index in [-0.39, 0.29) is 18.0 Å². The van der Waals surface area contributed by atoms with Crippen LogP contribution in [0.4, 0.5) is 5.69 Å². The van der Waals surface area contributed by atoms with E-state index in [1.54, 1.807) is 24.3 Å². The van der Waals surface area contributed by atoms with E-state index in [1.165, 1.54) is 16.7 Å². The van der Waals surface area contributed by atoms with Crippen molar-refractivity contribution in [2.75, 3.05) is 4.90 Å².